The Morgan fingerprint density at radius 3 is 2.46 bits per heavy atom. The second-order valence-electron chi connectivity index (χ2n) is 5.22. The molecule has 1 heterocycles. The minimum atomic E-state index is -4.78. The van der Waals surface area contributed by atoms with Gasteiger partial charge in [-0.25, -0.2) is 4.98 Å². The molecule has 0 fully saturated rings. The van der Waals surface area contributed by atoms with E-state index < -0.39 is 23.9 Å². The fraction of sp³-hybridized carbons (Fsp3) is 0.188. The number of hydrogen-bond acceptors (Lipinski definition) is 5. The lowest BCUT2D eigenvalue weighted by molar-refractivity contribution is -0.274. The minimum absolute atomic E-state index is 0.155. The number of anilines is 2. The third-order valence-electron chi connectivity index (χ3n) is 3.17. The van der Waals surface area contributed by atoms with Crippen molar-refractivity contribution in [1.29, 1.82) is 0 Å². The van der Waals surface area contributed by atoms with Crippen LogP contribution in [0.1, 0.15) is 10.4 Å². The number of nitrogens with one attached hydrogen (secondary N) is 1. The molecule has 2 rings (SSSR count). The molecule has 26 heavy (non-hydrogen) atoms. The average molecular weight is 368 g/mol. The molecule has 0 saturated carbocycles. The number of ether oxygens (including phenoxy) is 1. The van der Waals surface area contributed by atoms with Gasteiger partial charge in [-0.2, -0.15) is 0 Å². The Hall–Kier alpha value is -3.30. The number of likely N-dealkylation sites (N-methyl/N-ethyl adjacent to an activating group) is 1. The molecule has 0 saturated heterocycles. The molecule has 3 N–H and O–H groups in total. The molecule has 0 aliphatic carbocycles. The number of alkyl halides is 3. The Morgan fingerprint density at radius 2 is 1.88 bits per heavy atom. The summed E-state index contributed by atoms with van der Waals surface area (Å²) in [6, 6.07) is 7.73. The number of aromatic nitrogens is 1. The van der Waals surface area contributed by atoms with E-state index in [2.05, 4.69) is 15.0 Å². The Kier molecular flexibility index (Phi) is 5.65. The number of nitrogens with two attached hydrogens (primary N) is 1. The number of carbonyl (C=O) groups is 2. The number of hydrogen-bond donors (Lipinski definition) is 2. The van der Waals surface area contributed by atoms with Crippen LogP contribution in [0.3, 0.4) is 0 Å². The highest BCUT2D eigenvalue weighted by Gasteiger charge is 2.31. The van der Waals surface area contributed by atoms with Crippen LogP contribution in [0.15, 0.2) is 42.6 Å². The zero-order valence-corrected chi connectivity index (χ0v) is 13.6. The summed E-state index contributed by atoms with van der Waals surface area (Å²) in [5.41, 5.74) is 5.72. The first-order valence-electron chi connectivity index (χ1n) is 7.27. The van der Waals surface area contributed by atoms with Crippen molar-refractivity contribution in [2.45, 2.75) is 6.36 Å². The lowest BCUT2D eigenvalue weighted by Crippen LogP contribution is -2.32. The van der Waals surface area contributed by atoms with E-state index in [-0.39, 0.29) is 23.6 Å². The first kappa shape index (κ1) is 19.0. The predicted octanol–water partition coefficient (Wildman–Crippen LogP) is 2.15. The highest BCUT2D eigenvalue weighted by atomic mass is 19.4. The van der Waals surface area contributed by atoms with Gasteiger partial charge in [0.25, 0.3) is 5.91 Å². The van der Waals surface area contributed by atoms with Gasteiger partial charge in [0.05, 0.1) is 12.1 Å². The van der Waals surface area contributed by atoms with Gasteiger partial charge in [0.1, 0.15) is 11.6 Å². The van der Waals surface area contributed by atoms with Crippen LogP contribution in [0.2, 0.25) is 0 Å². The first-order chi connectivity index (χ1) is 12.2. The van der Waals surface area contributed by atoms with Crippen molar-refractivity contribution in [2.24, 2.45) is 5.73 Å². The zero-order valence-electron chi connectivity index (χ0n) is 13.6. The number of pyridine rings is 1. The Balaban J connectivity index is 1.99. The van der Waals surface area contributed by atoms with E-state index in [1.54, 1.807) is 13.1 Å². The van der Waals surface area contributed by atoms with Crippen LogP contribution in [-0.4, -0.2) is 36.8 Å². The van der Waals surface area contributed by atoms with Crippen molar-refractivity contribution in [3.8, 4) is 5.75 Å². The number of rotatable bonds is 6. The highest BCUT2D eigenvalue weighted by molar-refractivity contribution is 5.99. The molecule has 0 aliphatic rings. The van der Waals surface area contributed by atoms with E-state index in [1.165, 1.54) is 29.3 Å². The second kappa shape index (κ2) is 7.72. The van der Waals surface area contributed by atoms with E-state index in [9.17, 15) is 22.8 Å². The minimum Gasteiger partial charge on any atom is -0.406 e. The summed E-state index contributed by atoms with van der Waals surface area (Å²) in [6.07, 6.45) is -3.33. The van der Waals surface area contributed by atoms with Gasteiger partial charge in [0, 0.05) is 18.9 Å². The topological polar surface area (TPSA) is 97.6 Å². The number of primary amides is 1. The summed E-state index contributed by atoms with van der Waals surface area (Å²) >= 11 is 0. The predicted molar refractivity (Wildman–Crippen MR) is 87.8 cm³/mol. The normalized spacial score (nSPS) is 10.9. The summed E-state index contributed by atoms with van der Waals surface area (Å²) in [6.45, 7) is -0.155. The van der Waals surface area contributed by atoms with Crippen LogP contribution >= 0.6 is 0 Å². The largest absolute Gasteiger partial charge is 0.573 e. The number of carbonyl (C=O) groups excluding carboxylic acids is 2. The Morgan fingerprint density at radius 1 is 1.23 bits per heavy atom. The van der Waals surface area contributed by atoms with Crippen molar-refractivity contribution in [2.75, 3.05) is 23.8 Å². The maximum absolute atomic E-state index is 12.1. The molecule has 0 spiro atoms. The Labute approximate surface area is 146 Å². The Bertz CT molecular complexity index is 794. The van der Waals surface area contributed by atoms with Crippen molar-refractivity contribution in [1.82, 2.24) is 4.98 Å². The van der Waals surface area contributed by atoms with Crippen LogP contribution in [0.4, 0.5) is 24.7 Å². The molecule has 1 aromatic carbocycles. The molecule has 2 amide bonds. The fourth-order valence-electron chi connectivity index (χ4n) is 2.12. The van der Waals surface area contributed by atoms with Crippen molar-refractivity contribution in [3.05, 3.63) is 48.2 Å². The maximum Gasteiger partial charge on any atom is 0.573 e. The second-order valence-corrected chi connectivity index (χ2v) is 5.22. The standard InChI is InChI=1S/C16H15F3N4O3/c1-23(15-12(14(20)25)3-2-8-21-15)9-13(24)22-10-4-6-11(7-5-10)26-16(17,18)19/h2-8H,9H2,1H3,(H2,20,25)(H,22,24). The SMILES string of the molecule is CN(CC(=O)Nc1ccc(OC(F)(F)F)cc1)c1ncccc1C(N)=O. The molecular weight excluding hydrogens is 353 g/mol. The van der Waals surface area contributed by atoms with Crippen LogP contribution in [0.25, 0.3) is 0 Å². The summed E-state index contributed by atoms with van der Waals surface area (Å²) in [4.78, 5) is 28.9. The highest BCUT2D eigenvalue weighted by Crippen LogP contribution is 2.24. The van der Waals surface area contributed by atoms with Crippen molar-refractivity contribution >= 4 is 23.3 Å². The molecule has 2 aromatic rings. The molecule has 0 atom stereocenters. The van der Waals surface area contributed by atoms with Gasteiger partial charge in [-0.15, -0.1) is 13.2 Å². The molecule has 138 valence electrons. The molecule has 0 aliphatic heterocycles. The lowest BCUT2D eigenvalue weighted by Gasteiger charge is -2.19. The van der Waals surface area contributed by atoms with E-state index >= 15 is 0 Å². The third-order valence-corrected chi connectivity index (χ3v) is 3.17. The summed E-state index contributed by atoms with van der Waals surface area (Å²) in [5, 5.41) is 2.52. The van der Waals surface area contributed by atoms with E-state index in [0.717, 1.165) is 12.1 Å². The van der Waals surface area contributed by atoms with E-state index in [4.69, 9.17) is 5.73 Å². The maximum atomic E-state index is 12.1. The molecule has 0 bridgehead atoms. The molecular formula is C16H15F3N4O3. The number of benzene rings is 1. The quantitative estimate of drug-likeness (QED) is 0.814. The van der Waals surface area contributed by atoms with Gasteiger partial charge >= 0.3 is 6.36 Å². The van der Waals surface area contributed by atoms with Gasteiger partial charge in [-0.3, -0.25) is 9.59 Å². The van der Waals surface area contributed by atoms with Crippen molar-refractivity contribution < 1.29 is 27.5 Å². The van der Waals surface area contributed by atoms with E-state index in [1.807, 2.05) is 0 Å². The molecule has 0 radical (unpaired) electrons. The average Bonchev–Trinajstić information content (AvgIpc) is 2.55. The smallest absolute Gasteiger partial charge is 0.406 e. The first-order valence-corrected chi connectivity index (χ1v) is 7.27. The molecule has 7 nitrogen and oxygen atoms in total. The molecule has 0 unspecified atom stereocenters. The molecule has 10 heteroatoms. The van der Waals surface area contributed by atoms with Gasteiger partial charge in [-0.1, -0.05) is 0 Å². The van der Waals surface area contributed by atoms with Gasteiger partial charge in [-0.05, 0) is 36.4 Å². The zero-order chi connectivity index (χ0) is 19.3. The number of halogens is 3. The van der Waals surface area contributed by atoms with Crippen LogP contribution < -0.4 is 20.7 Å². The number of nitrogens with zero attached hydrogens (tertiary/aromatic N) is 2. The molecule has 1 aromatic heterocycles. The van der Waals surface area contributed by atoms with E-state index in [0.29, 0.717) is 0 Å². The van der Waals surface area contributed by atoms with Crippen LogP contribution in [-0.2, 0) is 4.79 Å². The monoisotopic (exact) mass is 368 g/mol. The summed E-state index contributed by atoms with van der Waals surface area (Å²) in [7, 11) is 1.55. The fourth-order valence-corrected chi connectivity index (χ4v) is 2.12. The van der Waals surface area contributed by atoms with Crippen molar-refractivity contribution in [3.63, 3.8) is 0 Å². The number of amides is 2. The summed E-state index contributed by atoms with van der Waals surface area (Å²) in [5.74, 6) is -1.30. The van der Waals surface area contributed by atoms with Crippen LogP contribution in [0, 0.1) is 0 Å². The lowest BCUT2D eigenvalue weighted by atomic mass is 10.2. The van der Waals surface area contributed by atoms with Gasteiger partial charge in [0.15, 0.2) is 0 Å². The summed E-state index contributed by atoms with van der Waals surface area (Å²) < 4.78 is 40.1. The van der Waals surface area contributed by atoms with Gasteiger partial charge in [0.2, 0.25) is 5.91 Å². The van der Waals surface area contributed by atoms with Crippen LogP contribution in [0.5, 0.6) is 5.75 Å². The third kappa shape index (κ3) is 5.36. The van der Waals surface area contributed by atoms with Gasteiger partial charge < -0.3 is 20.7 Å².